The third kappa shape index (κ3) is 6.74. The smallest absolute Gasteiger partial charge is 0.460 e. The summed E-state index contributed by atoms with van der Waals surface area (Å²) in [4.78, 5) is 5.38. The maximum Gasteiger partial charge on any atom is 0.460 e. The molecule has 0 aliphatic heterocycles. The molecule has 4 aromatic rings. The highest BCUT2D eigenvalue weighted by Gasteiger charge is 2.83. The van der Waals surface area contributed by atoms with E-state index in [0.717, 1.165) is 0 Å². The Morgan fingerprint density at radius 1 is 0.585 bits per heavy atom. The van der Waals surface area contributed by atoms with Gasteiger partial charge in [-0.25, -0.2) is 8.42 Å². The molecule has 4 rings (SSSR count). The molecule has 0 spiro atoms. The van der Waals surface area contributed by atoms with Gasteiger partial charge < -0.3 is 4.55 Å². The zero-order chi connectivity index (χ0) is 30.7. The van der Waals surface area contributed by atoms with Gasteiger partial charge in [0.2, 0.25) is 0 Å². The van der Waals surface area contributed by atoms with Crippen LogP contribution in [0.3, 0.4) is 0 Å². The van der Waals surface area contributed by atoms with Crippen LogP contribution in [0.2, 0.25) is 0 Å². The number of alkyl halides is 9. The minimum absolute atomic E-state index is 0.0663. The Balaban J connectivity index is 0.000000242. The van der Waals surface area contributed by atoms with Gasteiger partial charge in [-0.05, 0) is 65.5 Å². The summed E-state index contributed by atoms with van der Waals surface area (Å²) in [6.45, 7) is 0. The van der Waals surface area contributed by atoms with Crippen molar-refractivity contribution in [3.05, 3.63) is 102 Å². The first-order valence-electron chi connectivity index (χ1n) is 11.1. The summed E-state index contributed by atoms with van der Waals surface area (Å²) in [6, 6.07) is 34.9. The molecule has 0 fully saturated rings. The minimum Gasteiger partial charge on any atom is -0.743 e. The van der Waals surface area contributed by atoms with Gasteiger partial charge in [0.05, 0.1) is 10.9 Å². The van der Waals surface area contributed by atoms with Crippen molar-refractivity contribution in [2.45, 2.75) is 38.0 Å². The second-order valence-corrected chi connectivity index (χ2v) is 12.4. The predicted molar refractivity (Wildman–Crippen MR) is 135 cm³/mol. The quantitative estimate of drug-likeness (QED) is 0.115. The number of benzene rings is 3. The molecule has 15 heteroatoms. The van der Waals surface area contributed by atoms with Crippen molar-refractivity contribution >= 4 is 32.3 Å². The van der Waals surface area contributed by atoms with E-state index < -0.39 is 33.4 Å². The second-order valence-electron chi connectivity index (χ2n) is 8.05. The molecule has 0 radical (unpaired) electrons. The van der Waals surface area contributed by atoms with Gasteiger partial charge in [0, 0.05) is 4.88 Å². The summed E-state index contributed by atoms with van der Waals surface area (Å²) in [6.07, 6.45) is -7.16. The molecule has 0 unspecified atom stereocenters. The van der Waals surface area contributed by atoms with E-state index in [9.17, 15) is 52.5 Å². The molecule has 0 saturated carbocycles. The Hall–Kier alpha value is -3.01. The second kappa shape index (κ2) is 12.1. The number of hydrogen-bond acceptors (Lipinski definition) is 4. The van der Waals surface area contributed by atoms with E-state index in [-0.39, 0.29) is 10.9 Å². The lowest BCUT2D eigenvalue weighted by Gasteiger charge is -2.34. The molecule has 1 aromatic heterocycles. The van der Waals surface area contributed by atoms with Crippen LogP contribution in [0.25, 0.3) is 10.4 Å². The van der Waals surface area contributed by atoms with E-state index >= 15 is 0 Å². The van der Waals surface area contributed by atoms with Crippen LogP contribution >= 0.6 is 11.3 Å². The molecular formula is C26H17F9O3S3. The van der Waals surface area contributed by atoms with Crippen LogP contribution in [0.4, 0.5) is 39.5 Å². The molecule has 0 N–H and O–H groups in total. The zero-order valence-corrected chi connectivity index (χ0v) is 22.6. The van der Waals surface area contributed by atoms with Crippen molar-refractivity contribution in [1.82, 2.24) is 0 Å². The van der Waals surface area contributed by atoms with E-state index in [1.807, 2.05) is 0 Å². The molecule has 0 bridgehead atoms. The van der Waals surface area contributed by atoms with Gasteiger partial charge in [-0.3, -0.25) is 0 Å². The van der Waals surface area contributed by atoms with Gasteiger partial charge in [0.1, 0.15) is 0 Å². The van der Waals surface area contributed by atoms with Crippen molar-refractivity contribution in [3.63, 3.8) is 0 Å². The molecule has 41 heavy (non-hydrogen) atoms. The molecule has 3 nitrogen and oxygen atoms in total. The Morgan fingerprint density at radius 3 is 1.39 bits per heavy atom. The normalized spacial score (nSPS) is 13.0. The van der Waals surface area contributed by atoms with Crippen LogP contribution < -0.4 is 0 Å². The summed E-state index contributed by atoms with van der Waals surface area (Å²) in [5.74, 6) is -14.8. The van der Waals surface area contributed by atoms with Crippen LogP contribution in [0.5, 0.6) is 0 Å². The first-order valence-corrected chi connectivity index (χ1v) is 14.6. The maximum atomic E-state index is 12.2. The van der Waals surface area contributed by atoms with Crippen molar-refractivity contribution in [3.8, 4) is 10.4 Å². The van der Waals surface area contributed by atoms with Gasteiger partial charge in [-0.2, -0.15) is 39.5 Å². The van der Waals surface area contributed by atoms with Crippen molar-refractivity contribution in [2.24, 2.45) is 0 Å². The van der Waals surface area contributed by atoms with E-state index in [0.29, 0.717) is 0 Å². The highest BCUT2D eigenvalue weighted by Crippen LogP contribution is 2.54. The summed E-state index contributed by atoms with van der Waals surface area (Å²) in [5, 5.41) is -4.99. The third-order valence-electron chi connectivity index (χ3n) is 5.28. The topological polar surface area (TPSA) is 57.2 Å². The van der Waals surface area contributed by atoms with Gasteiger partial charge >= 0.3 is 23.3 Å². The summed E-state index contributed by atoms with van der Waals surface area (Å²) in [7, 11) is -7.48. The van der Waals surface area contributed by atoms with E-state index in [2.05, 4.69) is 102 Å². The van der Waals surface area contributed by atoms with Gasteiger partial charge in [0.25, 0.3) is 0 Å². The van der Waals surface area contributed by atoms with Crippen LogP contribution in [0.1, 0.15) is 0 Å². The molecule has 0 aliphatic rings. The lowest BCUT2D eigenvalue weighted by molar-refractivity contribution is -0.382. The Morgan fingerprint density at radius 2 is 1.02 bits per heavy atom. The van der Waals surface area contributed by atoms with Gasteiger partial charge in [-0.15, -0.1) is 11.3 Å². The molecule has 0 amide bonds. The molecule has 0 atom stereocenters. The number of hydrogen-bond donors (Lipinski definition) is 0. The molecule has 1 heterocycles. The fourth-order valence-corrected chi connectivity index (χ4v) is 6.50. The molecular weight excluding hydrogens is 627 g/mol. The van der Waals surface area contributed by atoms with Crippen LogP contribution in [0, 0.1) is 0 Å². The first-order chi connectivity index (χ1) is 18.9. The number of rotatable bonds is 7. The Kier molecular flexibility index (Phi) is 9.57. The molecule has 0 aliphatic carbocycles. The lowest BCUT2D eigenvalue weighted by Crippen LogP contribution is -2.63. The zero-order valence-electron chi connectivity index (χ0n) is 20.2. The minimum atomic E-state index is -7.43. The predicted octanol–water partition coefficient (Wildman–Crippen LogP) is 8.47. The van der Waals surface area contributed by atoms with Crippen molar-refractivity contribution in [1.29, 1.82) is 0 Å². The van der Waals surface area contributed by atoms with E-state index in [4.69, 9.17) is 0 Å². The van der Waals surface area contributed by atoms with Gasteiger partial charge in [-0.1, -0.05) is 42.5 Å². The van der Waals surface area contributed by atoms with E-state index in [1.165, 1.54) is 25.1 Å². The summed E-state index contributed by atoms with van der Waals surface area (Å²) in [5.41, 5.74) is 1.29. The average molecular weight is 645 g/mol. The molecule has 220 valence electrons. The average Bonchev–Trinajstić information content (AvgIpc) is 3.45. The standard InChI is InChI=1S/C22H17S2.C4HF9O3S/c1-3-8-19(9-4-1)24(20-10-5-2-6-11-20)21-15-13-18(14-16-21)22-12-7-17-23-22;5-1(6,3(9,10)11)2(7,8)4(12,13)17(14,15)16/h1-17H;(H,14,15,16)/q+1;/p-1. The summed E-state index contributed by atoms with van der Waals surface area (Å²) < 4.78 is 135. The molecule has 3 aromatic carbocycles. The Labute approximate surface area is 235 Å². The SMILES string of the molecule is O=S(=O)([O-])C(F)(F)C(F)(F)C(F)(F)C(F)(F)F.c1ccc([S+](c2ccccc2)c2ccc(-c3cccs3)cc2)cc1. The Bertz CT molecular complexity index is 1470. The first kappa shape index (κ1) is 32.5. The maximum absolute atomic E-state index is 12.2. The van der Waals surface area contributed by atoms with Crippen LogP contribution in [-0.4, -0.2) is 36.2 Å². The highest BCUT2D eigenvalue weighted by atomic mass is 32.2. The highest BCUT2D eigenvalue weighted by molar-refractivity contribution is 7.97. The summed E-state index contributed by atoms with van der Waals surface area (Å²) >= 11 is 1.79. The van der Waals surface area contributed by atoms with Gasteiger partial charge in [0.15, 0.2) is 24.8 Å². The van der Waals surface area contributed by atoms with Crippen LogP contribution in [0.15, 0.2) is 117 Å². The number of thiophene rings is 1. The van der Waals surface area contributed by atoms with Crippen LogP contribution in [-0.2, 0) is 21.0 Å². The fraction of sp³-hybridized carbons (Fsp3) is 0.154. The third-order valence-corrected chi connectivity index (χ3v) is 9.32. The monoisotopic (exact) mass is 644 g/mol. The fourth-order valence-electron chi connectivity index (χ4n) is 3.24. The van der Waals surface area contributed by atoms with Crippen molar-refractivity contribution < 1.29 is 52.5 Å². The van der Waals surface area contributed by atoms with E-state index in [1.54, 1.807) is 11.3 Å². The van der Waals surface area contributed by atoms with Crippen molar-refractivity contribution in [2.75, 3.05) is 0 Å². The molecule has 0 saturated heterocycles. The number of halogens is 9. The lowest BCUT2D eigenvalue weighted by atomic mass is 10.1. The largest absolute Gasteiger partial charge is 0.743 e.